The number of methoxy groups -OCH3 is 1. The van der Waals surface area contributed by atoms with Crippen LogP contribution in [0.5, 0.6) is 5.75 Å². The van der Waals surface area contributed by atoms with E-state index in [2.05, 4.69) is 17.6 Å². The lowest BCUT2D eigenvalue weighted by molar-refractivity contribution is -0.117. The summed E-state index contributed by atoms with van der Waals surface area (Å²) in [6, 6.07) is 23.9. The molecule has 3 rings (SSSR count). The number of hydrogen-bond acceptors (Lipinski definition) is 3. The fraction of sp³-hybridized carbons (Fsp3) is 0.200. The van der Waals surface area contributed by atoms with E-state index >= 15 is 0 Å². The van der Waals surface area contributed by atoms with E-state index in [0.717, 1.165) is 18.4 Å². The van der Waals surface area contributed by atoms with Gasteiger partial charge in [0.2, 0.25) is 5.91 Å². The van der Waals surface area contributed by atoms with Crippen LogP contribution in [0.15, 0.2) is 78.9 Å². The van der Waals surface area contributed by atoms with Crippen LogP contribution >= 0.6 is 0 Å². The highest BCUT2D eigenvalue weighted by Crippen LogP contribution is 2.25. The van der Waals surface area contributed by atoms with Gasteiger partial charge in [-0.3, -0.25) is 9.59 Å². The Bertz CT molecular complexity index is 985. The Hall–Kier alpha value is -3.60. The van der Waals surface area contributed by atoms with Crippen molar-refractivity contribution in [2.45, 2.75) is 25.7 Å². The van der Waals surface area contributed by atoms with Crippen molar-refractivity contribution in [2.24, 2.45) is 0 Å². The van der Waals surface area contributed by atoms with E-state index in [1.807, 2.05) is 42.5 Å². The zero-order valence-corrected chi connectivity index (χ0v) is 17.2. The zero-order chi connectivity index (χ0) is 21.3. The van der Waals surface area contributed by atoms with Gasteiger partial charge in [-0.05, 0) is 48.4 Å². The van der Waals surface area contributed by atoms with E-state index in [-0.39, 0.29) is 17.7 Å². The van der Waals surface area contributed by atoms with Gasteiger partial charge in [0.25, 0.3) is 5.91 Å². The molecular weight excluding hydrogens is 376 g/mol. The number of hydrogen-bond donors (Lipinski definition) is 2. The largest absolute Gasteiger partial charge is 0.495 e. The third kappa shape index (κ3) is 5.26. The lowest BCUT2D eigenvalue weighted by Gasteiger charge is -2.17. The number of carbonyl (C=O) groups is 2. The van der Waals surface area contributed by atoms with Crippen LogP contribution in [0.25, 0.3) is 0 Å². The Kier molecular flexibility index (Phi) is 7.22. The maximum absolute atomic E-state index is 12.8. The van der Waals surface area contributed by atoms with Gasteiger partial charge >= 0.3 is 0 Å². The van der Waals surface area contributed by atoms with E-state index in [4.69, 9.17) is 4.74 Å². The molecule has 5 heteroatoms. The number of ether oxygens (including phenoxy) is 1. The summed E-state index contributed by atoms with van der Waals surface area (Å²) in [5.74, 6) is 0.0992. The summed E-state index contributed by atoms with van der Waals surface area (Å²) in [6.45, 7) is 2.07. The number of amides is 2. The first-order valence-corrected chi connectivity index (χ1v) is 10.0. The monoisotopic (exact) mass is 402 g/mol. The maximum Gasteiger partial charge on any atom is 0.255 e. The van der Waals surface area contributed by atoms with Crippen molar-refractivity contribution in [2.75, 3.05) is 17.7 Å². The molecule has 0 bridgehead atoms. The lowest BCUT2D eigenvalue weighted by atomic mass is 9.93. The predicted octanol–water partition coefficient (Wildman–Crippen LogP) is 5.47. The van der Waals surface area contributed by atoms with Gasteiger partial charge in [0.15, 0.2) is 0 Å². The minimum Gasteiger partial charge on any atom is -0.495 e. The van der Waals surface area contributed by atoms with Crippen molar-refractivity contribution >= 4 is 23.2 Å². The minimum atomic E-state index is -0.245. The Morgan fingerprint density at radius 2 is 1.53 bits per heavy atom. The fourth-order valence-corrected chi connectivity index (χ4v) is 3.30. The minimum absolute atomic E-state index is 0.0470. The van der Waals surface area contributed by atoms with Crippen LogP contribution in [0, 0.1) is 0 Å². The molecule has 154 valence electrons. The summed E-state index contributed by atoms with van der Waals surface area (Å²) in [5, 5.41) is 5.81. The van der Waals surface area contributed by atoms with Crippen LogP contribution in [0.2, 0.25) is 0 Å². The quantitative estimate of drug-likeness (QED) is 0.525. The van der Waals surface area contributed by atoms with Gasteiger partial charge in [-0.2, -0.15) is 0 Å². The predicted molar refractivity (Wildman–Crippen MR) is 120 cm³/mol. The average Bonchev–Trinajstić information content (AvgIpc) is 2.78. The summed E-state index contributed by atoms with van der Waals surface area (Å²) >= 11 is 0. The molecular formula is C25H26N2O3. The van der Waals surface area contributed by atoms with E-state index in [0.29, 0.717) is 22.7 Å². The molecule has 2 N–H and O–H groups in total. The average molecular weight is 402 g/mol. The van der Waals surface area contributed by atoms with Crippen molar-refractivity contribution in [3.63, 3.8) is 0 Å². The Morgan fingerprint density at radius 1 is 0.867 bits per heavy atom. The van der Waals surface area contributed by atoms with Crippen LogP contribution in [-0.4, -0.2) is 18.9 Å². The molecule has 3 aromatic rings. The van der Waals surface area contributed by atoms with Crippen molar-refractivity contribution < 1.29 is 14.3 Å². The van der Waals surface area contributed by atoms with Crippen LogP contribution in [-0.2, 0) is 4.79 Å². The molecule has 0 radical (unpaired) electrons. The van der Waals surface area contributed by atoms with E-state index in [9.17, 15) is 9.59 Å². The number of carbonyl (C=O) groups excluding carboxylic acids is 2. The molecule has 1 atom stereocenters. The highest BCUT2D eigenvalue weighted by atomic mass is 16.5. The van der Waals surface area contributed by atoms with Gasteiger partial charge in [-0.1, -0.05) is 55.8 Å². The number of para-hydroxylation sites is 2. The molecule has 30 heavy (non-hydrogen) atoms. The first-order valence-electron chi connectivity index (χ1n) is 10.0. The molecule has 0 unspecified atom stereocenters. The summed E-state index contributed by atoms with van der Waals surface area (Å²) in [4.78, 5) is 25.4. The van der Waals surface area contributed by atoms with Crippen LogP contribution in [0.4, 0.5) is 11.4 Å². The highest BCUT2D eigenvalue weighted by molar-refractivity contribution is 6.05. The van der Waals surface area contributed by atoms with Crippen LogP contribution < -0.4 is 15.4 Å². The topological polar surface area (TPSA) is 67.4 Å². The van der Waals surface area contributed by atoms with Gasteiger partial charge in [0.05, 0.1) is 18.7 Å². The zero-order valence-electron chi connectivity index (χ0n) is 17.2. The molecule has 2 amide bonds. The molecule has 0 aliphatic carbocycles. The Balaban J connectivity index is 1.67. The van der Waals surface area contributed by atoms with Crippen molar-refractivity contribution in [3.05, 3.63) is 90.0 Å². The molecule has 0 saturated heterocycles. The van der Waals surface area contributed by atoms with Crippen LogP contribution in [0.1, 0.15) is 41.6 Å². The van der Waals surface area contributed by atoms with Gasteiger partial charge in [0.1, 0.15) is 5.75 Å². The van der Waals surface area contributed by atoms with Gasteiger partial charge in [-0.15, -0.1) is 0 Å². The first kappa shape index (κ1) is 21.1. The van der Waals surface area contributed by atoms with Gasteiger partial charge < -0.3 is 15.4 Å². The SMILES string of the molecule is CCC[C@H](C(=O)Nc1ccc(C(=O)Nc2ccccc2OC)cc1)c1ccccc1. The number of rotatable bonds is 8. The van der Waals surface area contributed by atoms with E-state index in [1.54, 1.807) is 43.5 Å². The van der Waals surface area contributed by atoms with Gasteiger partial charge in [0, 0.05) is 11.3 Å². The maximum atomic E-state index is 12.8. The molecule has 0 saturated carbocycles. The summed E-state index contributed by atoms with van der Waals surface area (Å²) < 4.78 is 5.26. The second-order valence-electron chi connectivity index (χ2n) is 6.97. The van der Waals surface area contributed by atoms with Crippen molar-refractivity contribution in [3.8, 4) is 5.75 Å². The standard InChI is InChI=1S/C25H26N2O3/c1-3-9-21(18-10-5-4-6-11-18)25(29)26-20-16-14-19(15-17-20)24(28)27-22-12-7-8-13-23(22)30-2/h4-8,10-17,21H,3,9H2,1-2H3,(H,26,29)(H,27,28)/t21-/m0/s1. The normalized spacial score (nSPS) is 11.4. The number of nitrogens with one attached hydrogen (secondary N) is 2. The second-order valence-corrected chi connectivity index (χ2v) is 6.97. The highest BCUT2D eigenvalue weighted by Gasteiger charge is 2.19. The van der Waals surface area contributed by atoms with E-state index in [1.165, 1.54) is 0 Å². The third-order valence-electron chi connectivity index (χ3n) is 4.87. The summed E-state index contributed by atoms with van der Waals surface area (Å²) in [7, 11) is 1.56. The molecule has 0 fully saturated rings. The number of anilines is 2. The molecule has 5 nitrogen and oxygen atoms in total. The third-order valence-corrected chi connectivity index (χ3v) is 4.87. The summed E-state index contributed by atoms with van der Waals surface area (Å²) in [5.41, 5.74) is 2.76. The molecule has 0 spiro atoms. The molecule has 0 aliphatic rings. The summed E-state index contributed by atoms with van der Waals surface area (Å²) in [6.07, 6.45) is 1.68. The van der Waals surface area contributed by atoms with Crippen molar-refractivity contribution in [1.29, 1.82) is 0 Å². The molecule has 3 aromatic carbocycles. The van der Waals surface area contributed by atoms with E-state index < -0.39 is 0 Å². The lowest BCUT2D eigenvalue weighted by Crippen LogP contribution is -2.21. The molecule has 0 aromatic heterocycles. The first-order chi connectivity index (χ1) is 14.6. The Labute approximate surface area is 177 Å². The second kappa shape index (κ2) is 10.3. The van der Waals surface area contributed by atoms with Crippen molar-refractivity contribution in [1.82, 2.24) is 0 Å². The fourth-order valence-electron chi connectivity index (χ4n) is 3.30. The van der Waals surface area contributed by atoms with Gasteiger partial charge in [-0.25, -0.2) is 0 Å². The van der Waals surface area contributed by atoms with Crippen LogP contribution in [0.3, 0.4) is 0 Å². The molecule has 0 heterocycles. The smallest absolute Gasteiger partial charge is 0.255 e. The number of benzene rings is 3. The Morgan fingerprint density at radius 3 is 2.20 bits per heavy atom. The molecule has 0 aliphatic heterocycles.